The second kappa shape index (κ2) is 10.8. The predicted molar refractivity (Wildman–Crippen MR) is 128 cm³/mol. The molecule has 1 aliphatic heterocycles. The number of amides is 2. The van der Waals surface area contributed by atoms with E-state index >= 15 is 0 Å². The number of urea groups is 1. The molecule has 3 rings (SSSR count). The fraction of sp³-hybridized carbons (Fsp3) is 0.333. The largest absolute Gasteiger partial charge is 0.463 e. The van der Waals surface area contributed by atoms with Crippen molar-refractivity contribution in [3.63, 3.8) is 0 Å². The van der Waals surface area contributed by atoms with E-state index < -0.39 is 28.1 Å². The lowest BCUT2D eigenvalue weighted by Crippen LogP contribution is -2.48. The predicted octanol–water partition coefficient (Wildman–Crippen LogP) is 1.95. The number of nitrogens with two attached hydrogens (primary N) is 1. The van der Waals surface area contributed by atoms with E-state index in [1.54, 1.807) is 19.1 Å². The summed E-state index contributed by atoms with van der Waals surface area (Å²) in [5, 5.41) is 14.0. The van der Waals surface area contributed by atoms with Gasteiger partial charge in [-0.15, -0.1) is 0 Å². The number of aryl methyl sites for hydroxylation is 2. The first-order chi connectivity index (χ1) is 16.1. The first-order valence-electron chi connectivity index (χ1n) is 11.0. The van der Waals surface area contributed by atoms with Gasteiger partial charge < -0.3 is 20.7 Å². The van der Waals surface area contributed by atoms with Gasteiger partial charge in [-0.1, -0.05) is 35.9 Å². The van der Waals surface area contributed by atoms with Crippen molar-refractivity contribution in [3.05, 3.63) is 76.0 Å². The van der Waals surface area contributed by atoms with Crippen molar-refractivity contribution < 1.29 is 22.7 Å². The molecule has 0 unspecified atom stereocenters. The number of sulfonamides is 1. The lowest BCUT2D eigenvalue weighted by Gasteiger charge is -2.30. The van der Waals surface area contributed by atoms with Crippen molar-refractivity contribution in [2.45, 2.75) is 38.1 Å². The maximum Gasteiger partial charge on any atom is 0.338 e. The van der Waals surface area contributed by atoms with Gasteiger partial charge in [-0.3, -0.25) is 0 Å². The Morgan fingerprint density at radius 2 is 1.85 bits per heavy atom. The van der Waals surface area contributed by atoms with Crippen molar-refractivity contribution in [2.75, 3.05) is 19.7 Å². The summed E-state index contributed by atoms with van der Waals surface area (Å²) in [7, 11) is -3.73. The van der Waals surface area contributed by atoms with Gasteiger partial charge in [-0.2, -0.15) is 0 Å². The number of rotatable bonds is 9. The van der Waals surface area contributed by atoms with Crippen molar-refractivity contribution in [1.82, 2.24) is 16.0 Å². The minimum atomic E-state index is -3.73. The molecule has 2 aromatic carbocycles. The molecule has 0 fully saturated rings. The molecular weight excluding hydrogens is 456 g/mol. The molecule has 9 nitrogen and oxygen atoms in total. The number of carbonyl (C=O) groups excluding carboxylic acids is 2. The van der Waals surface area contributed by atoms with Gasteiger partial charge in [0.05, 0.1) is 23.1 Å². The van der Waals surface area contributed by atoms with E-state index in [0.717, 1.165) is 22.3 Å². The van der Waals surface area contributed by atoms with Crippen LogP contribution in [0.2, 0.25) is 0 Å². The molecular formula is C24H30N4O5S. The molecule has 5 N–H and O–H groups in total. The summed E-state index contributed by atoms with van der Waals surface area (Å²) in [6.07, 6.45) is 0.611. The van der Waals surface area contributed by atoms with Crippen LogP contribution >= 0.6 is 0 Å². The molecule has 0 bridgehead atoms. The van der Waals surface area contributed by atoms with E-state index in [4.69, 9.17) is 9.88 Å². The van der Waals surface area contributed by atoms with E-state index in [0.29, 0.717) is 24.2 Å². The molecule has 1 atom stereocenters. The highest BCUT2D eigenvalue weighted by atomic mass is 32.2. The van der Waals surface area contributed by atoms with Gasteiger partial charge >= 0.3 is 12.0 Å². The SMILES string of the molecule is CCOC(=O)C1=C(CNCCc2ccc(S(N)(=O)=O)cc2)NC(=O)N[C@H]1c1cc(C)ccc1C. The van der Waals surface area contributed by atoms with Crippen LogP contribution in [0.1, 0.15) is 35.2 Å². The molecule has 10 heteroatoms. The average molecular weight is 487 g/mol. The Kier molecular flexibility index (Phi) is 8.08. The summed E-state index contributed by atoms with van der Waals surface area (Å²) in [6, 6.07) is 11.2. The van der Waals surface area contributed by atoms with Crippen molar-refractivity contribution in [3.8, 4) is 0 Å². The van der Waals surface area contributed by atoms with Crippen LogP contribution in [0.25, 0.3) is 0 Å². The van der Waals surface area contributed by atoms with Crippen molar-refractivity contribution in [2.24, 2.45) is 5.14 Å². The molecule has 0 aromatic heterocycles. The number of ether oxygens (including phenoxy) is 1. The van der Waals surface area contributed by atoms with Crippen LogP contribution < -0.4 is 21.1 Å². The van der Waals surface area contributed by atoms with Gasteiger partial charge in [-0.05, 0) is 62.6 Å². The summed E-state index contributed by atoms with van der Waals surface area (Å²) in [5.41, 5.74) is 4.55. The van der Waals surface area contributed by atoms with Crippen LogP contribution in [0.15, 0.2) is 58.6 Å². The third-order valence-corrected chi connectivity index (χ3v) is 6.47. The summed E-state index contributed by atoms with van der Waals surface area (Å²) in [6.45, 7) is 6.62. The highest BCUT2D eigenvalue weighted by Crippen LogP contribution is 2.30. The highest BCUT2D eigenvalue weighted by Gasteiger charge is 2.34. The zero-order chi connectivity index (χ0) is 24.9. The van der Waals surface area contributed by atoms with Crippen molar-refractivity contribution in [1.29, 1.82) is 0 Å². The number of primary sulfonamides is 1. The van der Waals surface area contributed by atoms with Gasteiger partial charge in [0.1, 0.15) is 0 Å². The quantitative estimate of drug-likeness (QED) is 0.316. The summed E-state index contributed by atoms with van der Waals surface area (Å²) in [4.78, 5) is 25.4. The Labute approximate surface area is 199 Å². The molecule has 0 aliphatic carbocycles. The maximum absolute atomic E-state index is 12.9. The average Bonchev–Trinajstić information content (AvgIpc) is 2.77. The van der Waals surface area contributed by atoms with Crippen LogP contribution in [0.5, 0.6) is 0 Å². The number of hydrogen-bond acceptors (Lipinski definition) is 6. The monoisotopic (exact) mass is 486 g/mol. The standard InChI is InChI=1S/C24H30N4O5S/c1-4-33-23(29)21-20(14-26-12-11-17-7-9-18(10-8-17)34(25,31)32)27-24(30)28-22(21)19-13-15(2)5-6-16(19)3/h5-10,13,22,26H,4,11-12,14H2,1-3H3,(H2,25,31,32)(H2,27,28,30)/t22-/m0/s1. The molecule has 2 aromatic rings. The summed E-state index contributed by atoms with van der Waals surface area (Å²) in [5.74, 6) is -0.490. The fourth-order valence-corrected chi connectivity index (χ4v) is 4.32. The number of benzene rings is 2. The third kappa shape index (κ3) is 6.22. The number of hydrogen-bond donors (Lipinski definition) is 4. The second-order valence-corrected chi connectivity index (χ2v) is 9.68. The third-order valence-electron chi connectivity index (χ3n) is 5.54. The molecule has 0 spiro atoms. The van der Waals surface area contributed by atoms with E-state index in [9.17, 15) is 18.0 Å². The van der Waals surface area contributed by atoms with Gasteiger partial charge in [0.25, 0.3) is 0 Å². The topological polar surface area (TPSA) is 140 Å². The van der Waals surface area contributed by atoms with E-state index in [2.05, 4.69) is 16.0 Å². The first kappa shape index (κ1) is 25.4. The van der Waals surface area contributed by atoms with E-state index in [-0.39, 0.29) is 18.0 Å². The van der Waals surface area contributed by atoms with Crippen LogP contribution in [-0.2, 0) is 26.0 Å². The van der Waals surface area contributed by atoms with E-state index in [1.165, 1.54) is 12.1 Å². The molecule has 1 aliphatic rings. The maximum atomic E-state index is 12.9. The molecule has 182 valence electrons. The summed E-state index contributed by atoms with van der Waals surface area (Å²) >= 11 is 0. The van der Waals surface area contributed by atoms with Gasteiger partial charge in [0.2, 0.25) is 10.0 Å². The first-order valence-corrected chi connectivity index (χ1v) is 12.5. The normalized spacial score (nSPS) is 16.1. The Hall–Kier alpha value is -3.21. The van der Waals surface area contributed by atoms with Crippen molar-refractivity contribution >= 4 is 22.0 Å². The van der Waals surface area contributed by atoms with Crippen LogP contribution in [0, 0.1) is 13.8 Å². The minimum Gasteiger partial charge on any atom is -0.463 e. The van der Waals surface area contributed by atoms with Gasteiger partial charge in [0, 0.05) is 12.2 Å². The van der Waals surface area contributed by atoms with E-state index in [1.807, 2.05) is 32.0 Å². The zero-order valence-electron chi connectivity index (χ0n) is 19.5. The highest BCUT2D eigenvalue weighted by molar-refractivity contribution is 7.89. The van der Waals surface area contributed by atoms with Crippen LogP contribution in [-0.4, -0.2) is 40.1 Å². The molecule has 34 heavy (non-hydrogen) atoms. The Morgan fingerprint density at radius 3 is 2.50 bits per heavy atom. The minimum absolute atomic E-state index is 0.0587. The Morgan fingerprint density at radius 1 is 1.15 bits per heavy atom. The number of esters is 1. The molecule has 0 saturated carbocycles. The van der Waals surface area contributed by atoms with Crippen LogP contribution in [0.4, 0.5) is 4.79 Å². The van der Waals surface area contributed by atoms with Crippen LogP contribution in [0.3, 0.4) is 0 Å². The van der Waals surface area contributed by atoms with Gasteiger partial charge in [-0.25, -0.2) is 23.1 Å². The zero-order valence-corrected chi connectivity index (χ0v) is 20.3. The molecule has 2 amide bonds. The lowest BCUT2D eigenvalue weighted by molar-refractivity contribution is -0.139. The number of nitrogens with one attached hydrogen (secondary N) is 3. The molecule has 0 saturated heterocycles. The lowest BCUT2D eigenvalue weighted by atomic mass is 9.91. The van der Waals surface area contributed by atoms with Gasteiger partial charge in [0.15, 0.2) is 0 Å². The Bertz CT molecular complexity index is 1210. The summed E-state index contributed by atoms with van der Waals surface area (Å²) < 4.78 is 28.1. The fourth-order valence-electron chi connectivity index (χ4n) is 3.80. The smallest absolute Gasteiger partial charge is 0.338 e. The Balaban J connectivity index is 1.79. The molecule has 0 radical (unpaired) electrons. The molecule has 1 heterocycles. The second-order valence-electron chi connectivity index (χ2n) is 8.12. The number of carbonyl (C=O) groups is 2.